The molecule has 29 heavy (non-hydrogen) atoms. The van der Waals surface area contributed by atoms with E-state index in [1.54, 1.807) is 0 Å². The Morgan fingerprint density at radius 3 is 2.83 bits per heavy atom. The van der Waals surface area contributed by atoms with E-state index in [2.05, 4.69) is 25.3 Å². The molecule has 4 rings (SSSR count). The number of anilines is 1. The zero-order valence-corrected chi connectivity index (χ0v) is 14.9. The highest BCUT2D eigenvalue weighted by Crippen LogP contribution is 2.28. The standard InChI is InChI=1S/C18H16F5N5O/c19-10-1-3-24-7-13(10)26-17-12(21)6-11(20)16(27-17)14-8-25-15-5-9(29-18(22)23)2-4-28(14)15/h2,4-6,8,10,13,18,24H,1,3,7H2,(H,26,27). The van der Waals surface area contributed by atoms with Crippen LogP contribution in [0.25, 0.3) is 17.0 Å². The zero-order chi connectivity index (χ0) is 20.5. The van der Waals surface area contributed by atoms with Gasteiger partial charge in [0.1, 0.15) is 23.3 Å². The maximum atomic E-state index is 14.4. The number of pyridine rings is 2. The van der Waals surface area contributed by atoms with Gasteiger partial charge in [0.2, 0.25) is 0 Å². The molecule has 3 aromatic rings. The van der Waals surface area contributed by atoms with Gasteiger partial charge < -0.3 is 15.4 Å². The van der Waals surface area contributed by atoms with Gasteiger partial charge in [0.05, 0.1) is 17.9 Å². The Labute approximate surface area is 161 Å². The molecule has 0 saturated carbocycles. The van der Waals surface area contributed by atoms with Crippen LogP contribution < -0.4 is 15.4 Å². The van der Waals surface area contributed by atoms with Crippen LogP contribution in [0.4, 0.5) is 27.8 Å². The van der Waals surface area contributed by atoms with Gasteiger partial charge in [-0.3, -0.25) is 4.40 Å². The molecule has 0 spiro atoms. The highest BCUT2D eigenvalue weighted by atomic mass is 19.3. The van der Waals surface area contributed by atoms with Crippen LogP contribution in [-0.2, 0) is 0 Å². The number of alkyl halides is 3. The number of nitrogens with zero attached hydrogens (tertiary/aromatic N) is 3. The molecule has 0 amide bonds. The van der Waals surface area contributed by atoms with Gasteiger partial charge in [-0.2, -0.15) is 8.78 Å². The second-order valence-electron chi connectivity index (χ2n) is 6.52. The van der Waals surface area contributed by atoms with Crippen molar-refractivity contribution in [3.05, 3.63) is 42.2 Å². The molecule has 2 N–H and O–H groups in total. The van der Waals surface area contributed by atoms with Crippen molar-refractivity contribution in [3.63, 3.8) is 0 Å². The van der Waals surface area contributed by atoms with E-state index < -0.39 is 30.5 Å². The first-order valence-corrected chi connectivity index (χ1v) is 8.82. The molecule has 1 saturated heterocycles. The Balaban J connectivity index is 1.69. The minimum Gasteiger partial charge on any atom is -0.435 e. The number of piperidine rings is 1. The normalized spacial score (nSPS) is 19.7. The lowest BCUT2D eigenvalue weighted by Gasteiger charge is -2.28. The van der Waals surface area contributed by atoms with E-state index in [0.29, 0.717) is 12.6 Å². The third kappa shape index (κ3) is 3.95. The molecule has 0 aromatic carbocycles. The summed E-state index contributed by atoms with van der Waals surface area (Å²) in [5.74, 6) is -2.30. The van der Waals surface area contributed by atoms with Crippen LogP contribution in [-0.4, -0.2) is 46.3 Å². The Bertz CT molecular complexity index is 1030. The molecule has 0 radical (unpaired) electrons. The fourth-order valence-corrected chi connectivity index (χ4v) is 3.20. The third-order valence-corrected chi connectivity index (χ3v) is 4.60. The van der Waals surface area contributed by atoms with Crippen LogP contribution in [0, 0.1) is 11.6 Å². The van der Waals surface area contributed by atoms with Crippen molar-refractivity contribution in [2.24, 2.45) is 0 Å². The van der Waals surface area contributed by atoms with E-state index >= 15 is 0 Å². The van der Waals surface area contributed by atoms with Crippen LogP contribution in [0.2, 0.25) is 0 Å². The summed E-state index contributed by atoms with van der Waals surface area (Å²) in [6.07, 6.45) is 1.70. The second-order valence-corrected chi connectivity index (χ2v) is 6.52. The average Bonchev–Trinajstić information content (AvgIpc) is 3.08. The van der Waals surface area contributed by atoms with E-state index in [-0.39, 0.29) is 41.6 Å². The lowest BCUT2D eigenvalue weighted by Crippen LogP contribution is -2.46. The SMILES string of the molecule is Fc1cc(F)c(-c2cnc3cc(OC(F)F)ccn23)nc1NC1CNCCC1F. The molecular formula is C18H16F5N5O. The van der Waals surface area contributed by atoms with Gasteiger partial charge in [-0.1, -0.05) is 0 Å². The number of nitrogens with one attached hydrogen (secondary N) is 2. The predicted octanol–water partition coefficient (Wildman–Crippen LogP) is 3.39. The summed E-state index contributed by atoms with van der Waals surface area (Å²) in [6.45, 7) is -2.20. The molecular weight excluding hydrogens is 397 g/mol. The number of fused-ring (bicyclic) bond motifs is 1. The predicted molar refractivity (Wildman–Crippen MR) is 94.8 cm³/mol. The first-order chi connectivity index (χ1) is 13.9. The largest absolute Gasteiger partial charge is 0.435 e. The summed E-state index contributed by atoms with van der Waals surface area (Å²) in [5.41, 5.74) is 0.157. The van der Waals surface area contributed by atoms with Crippen LogP contribution in [0.15, 0.2) is 30.6 Å². The summed E-state index contributed by atoms with van der Waals surface area (Å²) in [7, 11) is 0. The lowest BCUT2D eigenvalue weighted by atomic mass is 10.1. The fourth-order valence-electron chi connectivity index (χ4n) is 3.20. The minimum atomic E-state index is -3.00. The molecule has 11 heteroatoms. The van der Waals surface area contributed by atoms with Crippen molar-refractivity contribution in [2.75, 3.05) is 18.4 Å². The minimum absolute atomic E-state index is 0.113. The summed E-state index contributed by atoms with van der Waals surface area (Å²) in [6, 6.07) is 2.45. The molecule has 2 atom stereocenters. The highest BCUT2D eigenvalue weighted by molar-refractivity contribution is 5.63. The molecule has 1 aliphatic heterocycles. The molecule has 2 unspecified atom stereocenters. The smallest absolute Gasteiger partial charge is 0.387 e. The van der Waals surface area contributed by atoms with Crippen LogP contribution >= 0.6 is 0 Å². The van der Waals surface area contributed by atoms with Gasteiger partial charge in [0.25, 0.3) is 0 Å². The van der Waals surface area contributed by atoms with Gasteiger partial charge in [-0.25, -0.2) is 23.1 Å². The first-order valence-electron chi connectivity index (χ1n) is 8.82. The zero-order valence-electron chi connectivity index (χ0n) is 14.9. The van der Waals surface area contributed by atoms with Crippen molar-refractivity contribution in [1.29, 1.82) is 0 Å². The molecule has 6 nitrogen and oxygen atoms in total. The van der Waals surface area contributed by atoms with Gasteiger partial charge in [0, 0.05) is 24.9 Å². The number of imidazole rings is 1. The number of hydrogen-bond donors (Lipinski definition) is 2. The topological polar surface area (TPSA) is 63.5 Å². The number of ether oxygens (including phenoxy) is 1. The van der Waals surface area contributed by atoms with Crippen LogP contribution in [0.1, 0.15) is 6.42 Å². The van der Waals surface area contributed by atoms with E-state index in [0.717, 1.165) is 0 Å². The quantitative estimate of drug-likeness (QED) is 0.628. The summed E-state index contributed by atoms with van der Waals surface area (Å²) in [5, 5.41) is 5.68. The number of aromatic nitrogens is 3. The van der Waals surface area contributed by atoms with Crippen molar-refractivity contribution in [1.82, 2.24) is 19.7 Å². The van der Waals surface area contributed by atoms with E-state index in [1.807, 2.05) is 0 Å². The third-order valence-electron chi connectivity index (χ3n) is 4.60. The second kappa shape index (κ2) is 7.82. The lowest BCUT2D eigenvalue weighted by molar-refractivity contribution is -0.0498. The molecule has 154 valence electrons. The molecule has 0 bridgehead atoms. The van der Waals surface area contributed by atoms with E-state index in [4.69, 9.17) is 0 Å². The van der Waals surface area contributed by atoms with Crippen molar-refractivity contribution in [3.8, 4) is 17.1 Å². The first kappa shape index (κ1) is 19.4. The van der Waals surface area contributed by atoms with E-state index in [1.165, 1.54) is 28.9 Å². The summed E-state index contributed by atoms with van der Waals surface area (Å²) >= 11 is 0. The van der Waals surface area contributed by atoms with Gasteiger partial charge in [-0.05, 0) is 19.0 Å². The van der Waals surface area contributed by atoms with Crippen molar-refractivity contribution >= 4 is 11.5 Å². The summed E-state index contributed by atoms with van der Waals surface area (Å²) in [4.78, 5) is 8.03. The van der Waals surface area contributed by atoms with E-state index in [9.17, 15) is 22.0 Å². The number of halogens is 5. The molecule has 4 heterocycles. The Morgan fingerprint density at radius 1 is 1.24 bits per heavy atom. The average molecular weight is 413 g/mol. The monoisotopic (exact) mass is 413 g/mol. The van der Waals surface area contributed by atoms with Crippen molar-refractivity contribution < 1.29 is 26.7 Å². The Kier molecular flexibility index (Phi) is 5.22. The molecule has 3 aromatic heterocycles. The van der Waals surface area contributed by atoms with Gasteiger partial charge >= 0.3 is 6.61 Å². The van der Waals surface area contributed by atoms with Crippen molar-refractivity contribution in [2.45, 2.75) is 25.2 Å². The number of hydrogen-bond acceptors (Lipinski definition) is 5. The number of rotatable bonds is 5. The molecule has 0 aliphatic carbocycles. The van der Waals surface area contributed by atoms with Crippen LogP contribution in [0.3, 0.4) is 0 Å². The van der Waals surface area contributed by atoms with Crippen LogP contribution in [0.5, 0.6) is 5.75 Å². The fraction of sp³-hybridized carbons (Fsp3) is 0.333. The summed E-state index contributed by atoms with van der Waals surface area (Å²) < 4.78 is 73.2. The maximum Gasteiger partial charge on any atom is 0.387 e. The highest BCUT2D eigenvalue weighted by Gasteiger charge is 2.26. The van der Waals surface area contributed by atoms with Gasteiger partial charge in [0.15, 0.2) is 17.5 Å². The Morgan fingerprint density at radius 2 is 2.07 bits per heavy atom. The molecule has 1 fully saturated rings. The molecule has 1 aliphatic rings. The maximum absolute atomic E-state index is 14.4. The van der Waals surface area contributed by atoms with Gasteiger partial charge in [-0.15, -0.1) is 0 Å². The Hall–Kier alpha value is -2.95.